The predicted molar refractivity (Wildman–Crippen MR) is 152 cm³/mol. The van der Waals surface area contributed by atoms with Crippen molar-refractivity contribution in [3.8, 4) is 0 Å². The van der Waals surface area contributed by atoms with E-state index in [0.29, 0.717) is 18.1 Å². The smallest absolute Gasteiger partial charge is 0.410 e. The van der Waals surface area contributed by atoms with Crippen molar-refractivity contribution in [1.82, 2.24) is 14.7 Å². The van der Waals surface area contributed by atoms with Crippen LogP contribution in [0.1, 0.15) is 70.2 Å². The zero-order valence-corrected chi connectivity index (χ0v) is 24.0. The van der Waals surface area contributed by atoms with Gasteiger partial charge in [0.15, 0.2) is 0 Å². The van der Waals surface area contributed by atoms with Gasteiger partial charge in [0.25, 0.3) is 0 Å². The van der Waals surface area contributed by atoms with E-state index in [2.05, 4.69) is 60.0 Å². The molecule has 0 N–H and O–H groups in total. The van der Waals surface area contributed by atoms with Gasteiger partial charge in [-0.2, -0.15) is 0 Å². The number of ether oxygens (including phenoxy) is 1. The van der Waals surface area contributed by atoms with Crippen molar-refractivity contribution in [1.29, 1.82) is 0 Å². The molecule has 2 aromatic rings. The molecule has 6 heteroatoms. The van der Waals surface area contributed by atoms with Crippen LogP contribution in [0.15, 0.2) is 48.5 Å². The molecular weight excluding hydrogens is 482 g/mol. The zero-order valence-electron chi connectivity index (χ0n) is 23.3. The molecule has 0 saturated carbocycles. The van der Waals surface area contributed by atoms with Crippen molar-refractivity contribution < 1.29 is 9.53 Å². The summed E-state index contributed by atoms with van der Waals surface area (Å²) < 4.78 is 5.56. The maximum absolute atomic E-state index is 12.4. The van der Waals surface area contributed by atoms with E-state index in [1.807, 2.05) is 37.8 Å². The van der Waals surface area contributed by atoms with Gasteiger partial charge in [0, 0.05) is 55.9 Å². The topological polar surface area (TPSA) is 36.0 Å². The average molecular weight is 526 g/mol. The maximum Gasteiger partial charge on any atom is 0.410 e. The molecule has 0 aromatic heterocycles. The number of piperazine rings is 1. The Kier molecular flexibility index (Phi) is 9.20. The van der Waals surface area contributed by atoms with Gasteiger partial charge in [0.1, 0.15) is 5.60 Å². The lowest BCUT2D eigenvalue weighted by atomic mass is 9.97. The maximum atomic E-state index is 12.4. The number of likely N-dealkylation sites (tertiary alicyclic amines) is 1. The summed E-state index contributed by atoms with van der Waals surface area (Å²) in [5.41, 5.74) is 3.65. The fourth-order valence-electron chi connectivity index (χ4n) is 5.74. The van der Waals surface area contributed by atoms with Gasteiger partial charge < -0.3 is 9.64 Å². The summed E-state index contributed by atoms with van der Waals surface area (Å²) in [5, 5.41) is 0.792. The summed E-state index contributed by atoms with van der Waals surface area (Å²) >= 11 is 6.01. The first-order valence-electron chi connectivity index (χ1n) is 13.9. The van der Waals surface area contributed by atoms with E-state index in [0.717, 1.165) is 63.4 Å². The van der Waals surface area contributed by atoms with Gasteiger partial charge >= 0.3 is 6.09 Å². The Bertz CT molecular complexity index is 1010. The van der Waals surface area contributed by atoms with E-state index < -0.39 is 5.60 Å². The van der Waals surface area contributed by atoms with Crippen molar-refractivity contribution in [2.45, 2.75) is 84.0 Å². The summed E-state index contributed by atoms with van der Waals surface area (Å²) in [6.45, 7) is 15.3. The minimum Gasteiger partial charge on any atom is -0.444 e. The highest BCUT2D eigenvalue weighted by molar-refractivity contribution is 6.30. The lowest BCUT2D eigenvalue weighted by Crippen LogP contribution is -2.57. The number of piperidine rings is 1. The first kappa shape index (κ1) is 27.9. The van der Waals surface area contributed by atoms with Crippen molar-refractivity contribution in [2.24, 2.45) is 0 Å². The van der Waals surface area contributed by atoms with Crippen LogP contribution in [-0.4, -0.2) is 71.2 Å². The van der Waals surface area contributed by atoms with E-state index in [1.54, 1.807) is 0 Å². The molecule has 0 bridgehead atoms. The number of rotatable bonds is 6. The van der Waals surface area contributed by atoms with Crippen LogP contribution < -0.4 is 0 Å². The highest BCUT2D eigenvalue weighted by atomic mass is 35.5. The van der Waals surface area contributed by atoms with Crippen molar-refractivity contribution >= 4 is 17.7 Å². The van der Waals surface area contributed by atoms with E-state index in [9.17, 15) is 4.79 Å². The van der Waals surface area contributed by atoms with Gasteiger partial charge in [-0.15, -0.1) is 0 Å². The van der Waals surface area contributed by atoms with Crippen LogP contribution in [0.3, 0.4) is 0 Å². The molecule has 2 aromatic carbocycles. The molecule has 202 valence electrons. The number of hydrogen-bond acceptors (Lipinski definition) is 4. The number of nitrogens with zero attached hydrogens (tertiary/aromatic N) is 3. The van der Waals surface area contributed by atoms with E-state index in [1.165, 1.54) is 16.7 Å². The Morgan fingerprint density at radius 3 is 2.05 bits per heavy atom. The molecule has 2 heterocycles. The predicted octanol–water partition coefficient (Wildman–Crippen LogP) is 6.59. The molecule has 2 atom stereocenters. The van der Waals surface area contributed by atoms with Crippen LogP contribution >= 0.6 is 11.6 Å². The Morgan fingerprint density at radius 2 is 1.51 bits per heavy atom. The van der Waals surface area contributed by atoms with Gasteiger partial charge in [-0.05, 0) is 89.1 Å². The summed E-state index contributed by atoms with van der Waals surface area (Å²) in [5.74, 6) is 0. The second-order valence-corrected chi connectivity index (χ2v) is 12.3. The third kappa shape index (κ3) is 7.72. The minimum atomic E-state index is -0.436. The number of hydrogen-bond donors (Lipinski definition) is 0. The monoisotopic (exact) mass is 525 g/mol. The van der Waals surface area contributed by atoms with Crippen LogP contribution in [-0.2, 0) is 17.6 Å². The van der Waals surface area contributed by atoms with E-state index in [-0.39, 0.29) is 6.09 Å². The van der Waals surface area contributed by atoms with Gasteiger partial charge in [-0.3, -0.25) is 9.80 Å². The largest absolute Gasteiger partial charge is 0.444 e. The molecule has 0 radical (unpaired) electrons. The number of aryl methyl sites for hydroxylation is 2. The number of benzene rings is 2. The number of carbonyl (C=O) groups is 1. The third-order valence-corrected chi connectivity index (χ3v) is 8.17. The van der Waals surface area contributed by atoms with Gasteiger partial charge in [-0.1, -0.05) is 48.0 Å². The molecule has 0 spiro atoms. The Morgan fingerprint density at radius 1 is 0.946 bits per heavy atom. The molecular formula is C31H44ClN3O2. The summed E-state index contributed by atoms with van der Waals surface area (Å²) in [6.07, 6.45) is 3.95. The summed E-state index contributed by atoms with van der Waals surface area (Å²) in [7, 11) is 0. The van der Waals surface area contributed by atoms with E-state index >= 15 is 0 Å². The lowest BCUT2D eigenvalue weighted by molar-refractivity contribution is -0.00206. The van der Waals surface area contributed by atoms with Gasteiger partial charge in [0.05, 0.1) is 0 Å². The molecule has 4 rings (SSSR count). The molecule has 2 aliphatic heterocycles. The lowest BCUT2D eigenvalue weighted by Gasteiger charge is -2.47. The Hall–Kier alpha value is -2.08. The molecule has 2 fully saturated rings. The first-order chi connectivity index (χ1) is 17.6. The molecule has 5 nitrogen and oxygen atoms in total. The first-order valence-corrected chi connectivity index (χ1v) is 14.3. The van der Waals surface area contributed by atoms with Crippen LogP contribution in [0, 0.1) is 0 Å². The van der Waals surface area contributed by atoms with Gasteiger partial charge in [-0.25, -0.2) is 4.79 Å². The third-order valence-electron chi connectivity index (χ3n) is 7.92. The van der Waals surface area contributed by atoms with Crippen LogP contribution in [0.4, 0.5) is 4.79 Å². The van der Waals surface area contributed by atoms with Crippen LogP contribution in [0.25, 0.3) is 0 Å². The molecule has 0 unspecified atom stereocenters. The molecule has 37 heavy (non-hydrogen) atoms. The molecule has 2 saturated heterocycles. The highest BCUT2D eigenvalue weighted by Gasteiger charge is 2.34. The number of carbonyl (C=O) groups excluding carboxylic acids is 1. The summed E-state index contributed by atoms with van der Waals surface area (Å²) in [6, 6.07) is 18.8. The Labute approximate surface area is 228 Å². The average Bonchev–Trinajstić information content (AvgIpc) is 2.87. The number of amides is 1. The number of halogens is 1. The standard InChI is InChI=1S/C31H44ClN3O2/c1-23-22-34(29-16-18-33(19-17-29)30(36)37-31(3,4)5)20-21-35(23)24(2)27-12-8-25(9-13-27)6-7-26-10-14-28(32)15-11-26/h8-15,23-24,29H,6-7,16-22H2,1-5H3/t23-,24+/m1/s1. The fraction of sp³-hybridized carbons (Fsp3) is 0.581. The minimum absolute atomic E-state index is 0.172. The van der Waals surface area contributed by atoms with Gasteiger partial charge in [0.2, 0.25) is 0 Å². The summed E-state index contributed by atoms with van der Waals surface area (Å²) in [4.78, 5) is 19.6. The van der Waals surface area contributed by atoms with Crippen LogP contribution in [0.5, 0.6) is 0 Å². The SMILES string of the molecule is C[C@@H]1CN(C2CCN(C(=O)OC(C)(C)C)CC2)CCN1[C@@H](C)c1ccc(CCc2ccc(Cl)cc2)cc1. The van der Waals surface area contributed by atoms with Crippen molar-refractivity contribution in [3.05, 3.63) is 70.2 Å². The van der Waals surface area contributed by atoms with Crippen LogP contribution in [0.2, 0.25) is 5.02 Å². The van der Waals surface area contributed by atoms with Crippen molar-refractivity contribution in [3.63, 3.8) is 0 Å². The zero-order chi connectivity index (χ0) is 26.6. The van der Waals surface area contributed by atoms with E-state index in [4.69, 9.17) is 16.3 Å². The molecule has 2 aliphatic rings. The van der Waals surface area contributed by atoms with Crippen molar-refractivity contribution in [2.75, 3.05) is 32.7 Å². The fourth-order valence-corrected chi connectivity index (χ4v) is 5.87. The molecule has 0 aliphatic carbocycles. The quantitative estimate of drug-likeness (QED) is 0.426. The second kappa shape index (κ2) is 12.2. The second-order valence-electron chi connectivity index (χ2n) is 11.8. The highest BCUT2D eigenvalue weighted by Crippen LogP contribution is 2.28. The normalized spacial score (nSPS) is 21.1. The molecule has 1 amide bonds. The Balaban J connectivity index is 1.24.